The molecule has 0 spiro atoms. The van der Waals surface area contributed by atoms with Crippen LogP contribution in [-0.2, 0) is 5.41 Å². The van der Waals surface area contributed by atoms with E-state index in [0.29, 0.717) is 17.1 Å². The van der Waals surface area contributed by atoms with Crippen LogP contribution in [-0.4, -0.2) is 35.8 Å². The number of aliphatic hydroxyl groups excluding tert-OH is 2. The number of halogens is 2. The van der Waals surface area contributed by atoms with Gasteiger partial charge in [-0.05, 0) is 43.2 Å². The molecule has 0 amide bonds. The van der Waals surface area contributed by atoms with Gasteiger partial charge in [0.1, 0.15) is 23.6 Å². The zero-order valence-electron chi connectivity index (χ0n) is 14.9. The largest absolute Gasteiger partial charge is 0.394 e. The lowest BCUT2D eigenvalue weighted by Gasteiger charge is -2.35. The number of amidine groups is 1. The van der Waals surface area contributed by atoms with E-state index in [-0.39, 0.29) is 0 Å². The van der Waals surface area contributed by atoms with Crippen LogP contribution in [0.4, 0.5) is 14.5 Å². The molecule has 2 atom stereocenters. The topological polar surface area (TPSA) is 56.1 Å². The number of hydrogen-bond donors (Lipinski definition) is 2. The summed E-state index contributed by atoms with van der Waals surface area (Å²) in [5, 5.41) is 20.1. The monoisotopic (exact) mass is 360 g/mol. The van der Waals surface area contributed by atoms with Gasteiger partial charge in [0.25, 0.3) is 0 Å². The lowest BCUT2D eigenvalue weighted by atomic mass is 9.85. The van der Waals surface area contributed by atoms with Gasteiger partial charge < -0.3 is 15.1 Å². The molecule has 138 valence electrons. The van der Waals surface area contributed by atoms with Gasteiger partial charge in [0.05, 0.1) is 18.3 Å². The van der Waals surface area contributed by atoms with Gasteiger partial charge in [0.2, 0.25) is 0 Å². The molecular formula is C20H22F2N2O2. The average Bonchev–Trinajstić information content (AvgIpc) is 2.83. The summed E-state index contributed by atoms with van der Waals surface area (Å²) < 4.78 is 28.6. The van der Waals surface area contributed by atoms with Crippen molar-refractivity contribution in [2.24, 2.45) is 4.99 Å². The lowest BCUT2D eigenvalue weighted by Crippen LogP contribution is -2.44. The molecule has 0 aliphatic carbocycles. The van der Waals surface area contributed by atoms with Gasteiger partial charge in [-0.15, -0.1) is 0 Å². The summed E-state index contributed by atoms with van der Waals surface area (Å²) in [7, 11) is 1.60. The predicted molar refractivity (Wildman–Crippen MR) is 97.5 cm³/mol. The molecule has 2 aromatic carbocycles. The van der Waals surface area contributed by atoms with E-state index in [1.165, 1.54) is 24.3 Å². The van der Waals surface area contributed by atoms with Gasteiger partial charge in [-0.1, -0.05) is 24.3 Å². The zero-order valence-corrected chi connectivity index (χ0v) is 14.9. The number of fused-ring (bicyclic) bond motifs is 1. The van der Waals surface area contributed by atoms with Crippen molar-refractivity contribution in [1.82, 2.24) is 0 Å². The summed E-state index contributed by atoms with van der Waals surface area (Å²) in [4.78, 5) is 5.94. The summed E-state index contributed by atoms with van der Waals surface area (Å²) in [6, 6.07) is 9.65. The van der Waals surface area contributed by atoms with Gasteiger partial charge in [-0.3, -0.25) is 4.99 Å². The van der Waals surface area contributed by atoms with Gasteiger partial charge in [0, 0.05) is 12.5 Å². The van der Waals surface area contributed by atoms with Crippen molar-refractivity contribution in [2.75, 3.05) is 18.6 Å². The molecule has 0 unspecified atom stereocenters. The highest BCUT2D eigenvalue weighted by Crippen LogP contribution is 2.48. The molecule has 0 saturated carbocycles. The Hall–Kier alpha value is -2.31. The molecule has 0 fully saturated rings. The van der Waals surface area contributed by atoms with E-state index in [0.717, 1.165) is 5.56 Å². The molecule has 3 rings (SSSR count). The van der Waals surface area contributed by atoms with E-state index in [1.807, 2.05) is 19.9 Å². The molecule has 1 aliphatic rings. The highest BCUT2D eigenvalue weighted by molar-refractivity contribution is 6.11. The molecule has 0 saturated heterocycles. The fourth-order valence-corrected chi connectivity index (χ4v) is 3.78. The third-order valence-electron chi connectivity index (χ3n) is 4.92. The minimum Gasteiger partial charge on any atom is -0.394 e. The third-order valence-corrected chi connectivity index (χ3v) is 4.92. The first kappa shape index (κ1) is 18.5. The van der Waals surface area contributed by atoms with Crippen molar-refractivity contribution in [3.8, 4) is 0 Å². The number of nitrogens with zero attached hydrogens (tertiary/aromatic N) is 2. The van der Waals surface area contributed by atoms with E-state index in [1.54, 1.807) is 24.1 Å². The number of rotatable bonds is 4. The standard InChI is InChI=1S/C20H22F2N2O2/c1-20(2)14-8-5-9-15(22)18(14)24(19(20)23-3)17(16(26)11-25)12-6-4-7-13(21)10-12/h4-10,16-17,25-26H,11H2,1-3H3/t16-,17+/m1/s1. The van der Waals surface area contributed by atoms with Gasteiger partial charge >= 0.3 is 0 Å². The van der Waals surface area contributed by atoms with Crippen LogP contribution < -0.4 is 4.90 Å². The van der Waals surface area contributed by atoms with E-state index < -0.39 is 35.8 Å². The molecule has 26 heavy (non-hydrogen) atoms. The molecule has 4 nitrogen and oxygen atoms in total. The maximum atomic E-state index is 14.8. The first-order valence-corrected chi connectivity index (χ1v) is 8.42. The second-order valence-corrected chi connectivity index (χ2v) is 6.93. The van der Waals surface area contributed by atoms with Crippen molar-refractivity contribution < 1.29 is 19.0 Å². The van der Waals surface area contributed by atoms with Crippen LogP contribution >= 0.6 is 0 Å². The van der Waals surface area contributed by atoms with Crippen LogP contribution in [0.25, 0.3) is 0 Å². The van der Waals surface area contributed by atoms with E-state index >= 15 is 0 Å². The zero-order chi connectivity index (χ0) is 19.1. The smallest absolute Gasteiger partial charge is 0.147 e. The van der Waals surface area contributed by atoms with Gasteiger partial charge in [-0.2, -0.15) is 0 Å². The molecule has 0 bridgehead atoms. The van der Waals surface area contributed by atoms with Crippen LogP contribution in [0.1, 0.15) is 31.0 Å². The summed E-state index contributed by atoms with van der Waals surface area (Å²) in [5.41, 5.74) is 0.844. The minimum absolute atomic E-state index is 0.292. The highest BCUT2D eigenvalue weighted by atomic mass is 19.1. The Balaban J connectivity index is 2.27. The number of anilines is 1. The fraction of sp³-hybridized carbons (Fsp3) is 0.350. The quantitative estimate of drug-likeness (QED) is 0.880. The summed E-state index contributed by atoms with van der Waals surface area (Å²) in [5.74, 6) is -0.389. The van der Waals surface area contributed by atoms with E-state index in [4.69, 9.17) is 0 Å². The minimum atomic E-state index is -1.25. The first-order chi connectivity index (χ1) is 12.3. The Labute approximate surface area is 151 Å². The van der Waals surface area contributed by atoms with Crippen LogP contribution in [0, 0.1) is 11.6 Å². The number of para-hydroxylation sites is 1. The normalized spacial score (nSPS) is 19.5. The molecule has 0 aromatic heterocycles. The Morgan fingerprint density at radius 3 is 2.46 bits per heavy atom. The Kier molecular flexibility index (Phi) is 4.82. The maximum absolute atomic E-state index is 14.8. The molecular weight excluding hydrogens is 338 g/mol. The second-order valence-electron chi connectivity index (χ2n) is 6.93. The highest BCUT2D eigenvalue weighted by Gasteiger charge is 2.47. The number of aliphatic imine (C=N–C) groups is 1. The Morgan fingerprint density at radius 2 is 1.85 bits per heavy atom. The number of benzene rings is 2. The number of hydrogen-bond acceptors (Lipinski definition) is 3. The SMILES string of the molecule is CN=C1N([C@@H](c2cccc(F)c2)[C@H](O)CO)c2c(F)cccc2C1(C)C. The third kappa shape index (κ3) is 2.79. The van der Waals surface area contributed by atoms with Crippen molar-refractivity contribution >= 4 is 11.5 Å². The second kappa shape index (κ2) is 6.78. The van der Waals surface area contributed by atoms with E-state index in [2.05, 4.69) is 4.99 Å². The Bertz CT molecular complexity index is 851. The fourth-order valence-electron chi connectivity index (χ4n) is 3.78. The molecule has 2 aromatic rings. The molecule has 1 aliphatic heterocycles. The van der Waals surface area contributed by atoms with Crippen molar-refractivity contribution in [3.05, 3.63) is 65.2 Å². The molecule has 2 N–H and O–H groups in total. The Morgan fingerprint density at radius 1 is 1.15 bits per heavy atom. The van der Waals surface area contributed by atoms with Crippen LogP contribution in [0.3, 0.4) is 0 Å². The lowest BCUT2D eigenvalue weighted by molar-refractivity contribution is 0.0746. The van der Waals surface area contributed by atoms with Gasteiger partial charge in [0.15, 0.2) is 0 Å². The van der Waals surface area contributed by atoms with Crippen molar-refractivity contribution in [2.45, 2.75) is 31.4 Å². The molecule has 1 heterocycles. The average molecular weight is 360 g/mol. The van der Waals surface area contributed by atoms with Crippen molar-refractivity contribution in [1.29, 1.82) is 0 Å². The van der Waals surface area contributed by atoms with Crippen LogP contribution in [0.15, 0.2) is 47.5 Å². The summed E-state index contributed by atoms with van der Waals surface area (Å²) in [6.45, 7) is 3.28. The first-order valence-electron chi connectivity index (χ1n) is 8.42. The maximum Gasteiger partial charge on any atom is 0.147 e. The van der Waals surface area contributed by atoms with Crippen LogP contribution in [0.2, 0.25) is 0 Å². The molecule has 6 heteroatoms. The summed E-state index contributed by atoms with van der Waals surface area (Å²) in [6.07, 6.45) is -1.25. The van der Waals surface area contributed by atoms with Crippen molar-refractivity contribution in [3.63, 3.8) is 0 Å². The number of aliphatic hydroxyl groups is 2. The van der Waals surface area contributed by atoms with E-state index in [9.17, 15) is 19.0 Å². The van der Waals surface area contributed by atoms with Crippen LogP contribution in [0.5, 0.6) is 0 Å². The van der Waals surface area contributed by atoms with Gasteiger partial charge in [-0.25, -0.2) is 8.78 Å². The summed E-state index contributed by atoms with van der Waals surface area (Å²) >= 11 is 0. The molecule has 0 radical (unpaired) electrons. The predicted octanol–water partition coefficient (Wildman–Crippen LogP) is 3.19.